The van der Waals surface area contributed by atoms with Crippen LogP contribution in [-0.4, -0.2) is 22.4 Å². The van der Waals surface area contributed by atoms with Gasteiger partial charge in [0.05, 0.1) is 0 Å². The third-order valence-electron chi connectivity index (χ3n) is 1.73. The Morgan fingerprint density at radius 2 is 2.14 bits per heavy atom. The summed E-state index contributed by atoms with van der Waals surface area (Å²) in [6.45, 7) is 0. The van der Waals surface area contributed by atoms with Crippen molar-refractivity contribution in [2.24, 2.45) is 0 Å². The summed E-state index contributed by atoms with van der Waals surface area (Å²) in [5.41, 5.74) is 5.78. The van der Waals surface area contributed by atoms with Crippen LogP contribution < -0.4 is 5.73 Å². The minimum atomic E-state index is -4.62. The van der Waals surface area contributed by atoms with Crippen molar-refractivity contribution in [3.63, 3.8) is 0 Å². The Bertz CT molecular complexity index is 314. The van der Waals surface area contributed by atoms with Gasteiger partial charge in [-0.3, -0.25) is 4.98 Å². The van der Waals surface area contributed by atoms with Crippen LogP contribution in [0.15, 0.2) is 18.5 Å². The number of aliphatic hydroxyl groups is 1. The van der Waals surface area contributed by atoms with Crippen molar-refractivity contribution in [1.29, 1.82) is 0 Å². The zero-order valence-corrected chi connectivity index (χ0v) is 7.12. The van der Waals surface area contributed by atoms with Gasteiger partial charge in [0.25, 0.3) is 0 Å². The molecule has 0 amide bonds. The Morgan fingerprint density at radius 1 is 1.50 bits per heavy atom. The molecule has 0 saturated heterocycles. The smallest absolute Gasteiger partial charge is 0.398 e. The standard InChI is InChI=1S/C8H9F3N2O/c9-8(10,11)7(14)3-5-4-13-2-1-6(5)12/h1-2,4,7,14H,3H2,(H2,12,13)/t7-/m0/s1. The summed E-state index contributed by atoms with van der Waals surface area (Å²) in [5.74, 6) is 0. The lowest BCUT2D eigenvalue weighted by Gasteiger charge is -2.14. The molecule has 0 radical (unpaired) electrons. The van der Waals surface area contributed by atoms with E-state index in [4.69, 9.17) is 10.8 Å². The minimum Gasteiger partial charge on any atom is -0.398 e. The van der Waals surface area contributed by atoms with E-state index in [1.165, 1.54) is 18.5 Å². The molecule has 0 spiro atoms. The van der Waals surface area contributed by atoms with Gasteiger partial charge in [0.15, 0.2) is 6.10 Å². The quantitative estimate of drug-likeness (QED) is 0.762. The number of hydrogen-bond donors (Lipinski definition) is 2. The fourth-order valence-corrected chi connectivity index (χ4v) is 0.933. The van der Waals surface area contributed by atoms with Crippen molar-refractivity contribution in [3.05, 3.63) is 24.0 Å². The second kappa shape index (κ2) is 3.83. The molecular weight excluding hydrogens is 197 g/mol. The van der Waals surface area contributed by atoms with E-state index in [1.807, 2.05) is 0 Å². The van der Waals surface area contributed by atoms with Crippen LogP contribution in [-0.2, 0) is 6.42 Å². The van der Waals surface area contributed by atoms with Gasteiger partial charge < -0.3 is 10.8 Å². The van der Waals surface area contributed by atoms with Gasteiger partial charge in [-0.25, -0.2) is 0 Å². The number of halogens is 3. The molecule has 14 heavy (non-hydrogen) atoms. The van der Waals surface area contributed by atoms with E-state index in [1.54, 1.807) is 0 Å². The summed E-state index contributed by atoms with van der Waals surface area (Å²) in [7, 11) is 0. The molecule has 0 aliphatic heterocycles. The summed E-state index contributed by atoms with van der Waals surface area (Å²) in [4.78, 5) is 3.62. The number of nitrogen functional groups attached to an aromatic ring is 1. The van der Waals surface area contributed by atoms with E-state index in [0.29, 0.717) is 0 Å². The second-order valence-corrected chi connectivity index (χ2v) is 2.84. The van der Waals surface area contributed by atoms with Crippen LogP contribution in [0.4, 0.5) is 18.9 Å². The highest BCUT2D eigenvalue weighted by atomic mass is 19.4. The van der Waals surface area contributed by atoms with Crippen LogP contribution in [0.2, 0.25) is 0 Å². The van der Waals surface area contributed by atoms with Crippen molar-refractivity contribution in [3.8, 4) is 0 Å². The van der Waals surface area contributed by atoms with Crippen molar-refractivity contribution in [2.75, 3.05) is 5.73 Å². The molecule has 0 saturated carbocycles. The fraction of sp³-hybridized carbons (Fsp3) is 0.375. The second-order valence-electron chi connectivity index (χ2n) is 2.84. The van der Waals surface area contributed by atoms with Crippen LogP contribution in [0.1, 0.15) is 5.56 Å². The lowest BCUT2D eigenvalue weighted by Crippen LogP contribution is -2.30. The lowest BCUT2D eigenvalue weighted by atomic mass is 10.1. The Labute approximate surface area is 78.4 Å². The van der Waals surface area contributed by atoms with Gasteiger partial charge in [0, 0.05) is 24.5 Å². The van der Waals surface area contributed by atoms with Gasteiger partial charge in [-0.05, 0) is 11.6 Å². The predicted molar refractivity (Wildman–Crippen MR) is 44.4 cm³/mol. The number of anilines is 1. The number of nitrogens with two attached hydrogens (primary N) is 1. The molecule has 0 aromatic carbocycles. The molecule has 78 valence electrons. The molecule has 1 rings (SSSR count). The zero-order chi connectivity index (χ0) is 10.8. The average Bonchev–Trinajstić information content (AvgIpc) is 2.07. The molecule has 0 bridgehead atoms. The Kier molecular flexibility index (Phi) is 2.95. The van der Waals surface area contributed by atoms with E-state index in [0.717, 1.165) is 0 Å². The van der Waals surface area contributed by atoms with E-state index in [9.17, 15) is 13.2 Å². The molecule has 3 nitrogen and oxygen atoms in total. The Hall–Kier alpha value is -1.30. The van der Waals surface area contributed by atoms with Crippen molar-refractivity contribution >= 4 is 5.69 Å². The number of rotatable bonds is 2. The van der Waals surface area contributed by atoms with Gasteiger partial charge in [-0.2, -0.15) is 13.2 Å². The summed E-state index contributed by atoms with van der Waals surface area (Å²) >= 11 is 0. The molecule has 3 N–H and O–H groups in total. The third kappa shape index (κ3) is 2.59. The highest BCUT2D eigenvalue weighted by Gasteiger charge is 2.38. The monoisotopic (exact) mass is 206 g/mol. The largest absolute Gasteiger partial charge is 0.414 e. The Balaban J connectivity index is 2.75. The highest BCUT2D eigenvalue weighted by Crippen LogP contribution is 2.24. The van der Waals surface area contributed by atoms with Crippen molar-refractivity contribution in [2.45, 2.75) is 18.7 Å². The van der Waals surface area contributed by atoms with Crippen LogP contribution in [0.25, 0.3) is 0 Å². The first-order valence-electron chi connectivity index (χ1n) is 3.84. The molecule has 1 atom stereocenters. The minimum absolute atomic E-state index is 0.192. The molecule has 0 fully saturated rings. The number of nitrogens with zero attached hydrogens (tertiary/aromatic N) is 1. The predicted octanol–water partition coefficient (Wildman–Crippen LogP) is 1.13. The number of aromatic nitrogens is 1. The van der Waals surface area contributed by atoms with Gasteiger partial charge in [-0.1, -0.05) is 0 Å². The average molecular weight is 206 g/mol. The molecule has 0 aliphatic rings. The van der Waals surface area contributed by atoms with Gasteiger partial charge in [0.1, 0.15) is 0 Å². The molecular formula is C8H9F3N2O. The van der Waals surface area contributed by atoms with E-state index < -0.39 is 18.7 Å². The molecule has 0 aliphatic carbocycles. The van der Waals surface area contributed by atoms with Crippen LogP contribution in [0.3, 0.4) is 0 Å². The van der Waals surface area contributed by atoms with Crippen molar-refractivity contribution < 1.29 is 18.3 Å². The van der Waals surface area contributed by atoms with Crippen LogP contribution in [0.5, 0.6) is 0 Å². The summed E-state index contributed by atoms with van der Waals surface area (Å²) in [6, 6.07) is 1.39. The summed E-state index contributed by atoms with van der Waals surface area (Å²) < 4.78 is 35.9. The van der Waals surface area contributed by atoms with Gasteiger partial charge in [-0.15, -0.1) is 0 Å². The van der Waals surface area contributed by atoms with Crippen LogP contribution >= 0.6 is 0 Å². The normalized spacial score (nSPS) is 14.0. The first-order valence-corrected chi connectivity index (χ1v) is 3.84. The first-order chi connectivity index (χ1) is 6.41. The number of pyridine rings is 1. The SMILES string of the molecule is Nc1ccncc1C[C@H](O)C(F)(F)F. The number of hydrogen-bond acceptors (Lipinski definition) is 3. The van der Waals surface area contributed by atoms with Crippen molar-refractivity contribution in [1.82, 2.24) is 4.98 Å². The fourth-order valence-electron chi connectivity index (χ4n) is 0.933. The topological polar surface area (TPSA) is 59.1 Å². The summed E-state index contributed by atoms with van der Waals surface area (Å²) in [6.07, 6.45) is -5.00. The number of alkyl halides is 3. The first kappa shape index (κ1) is 10.8. The van der Waals surface area contributed by atoms with E-state index >= 15 is 0 Å². The molecule has 1 aromatic rings. The summed E-state index contributed by atoms with van der Waals surface area (Å²) in [5, 5.41) is 8.76. The highest BCUT2D eigenvalue weighted by molar-refractivity contribution is 5.44. The molecule has 1 aromatic heterocycles. The molecule has 0 unspecified atom stereocenters. The molecule has 6 heteroatoms. The Morgan fingerprint density at radius 3 is 2.64 bits per heavy atom. The van der Waals surface area contributed by atoms with E-state index in [-0.39, 0.29) is 11.3 Å². The molecule has 1 heterocycles. The third-order valence-corrected chi connectivity index (χ3v) is 1.73. The van der Waals surface area contributed by atoms with Gasteiger partial charge in [0.2, 0.25) is 0 Å². The van der Waals surface area contributed by atoms with Gasteiger partial charge >= 0.3 is 6.18 Å². The lowest BCUT2D eigenvalue weighted by molar-refractivity contribution is -0.203. The van der Waals surface area contributed by atoms with Crippen LogP contribution in [0, 0.1) is 0 Å². The van der Waals surface area contributed by atoms with E-state index in [2.05, 4.69) is 4.98 Å². The maximum Gasteiger partial charge on any atom is 0.414 e. The zero-order valence-electron chi connectivity index (χ0n) is 7.12. The number of aliphatic hydroxyl groups excluding tert-OH is 1. The maximum atomic E-state index is 12.0. The maximum absolute atomic E-state index is 12.0.